The number of halogens is 1. The van der Waals surface area contributed by atoms with Crippen molar-refractivity contribution in [3.05, 3.63) is 39.7 Å². The molecule has 168 valence electrons. The molecule has 1 aromatic carbocycles. The Bertz CT molecular complexity index is 912. The number of ketones is 1. The molecule has 1 aliphatic heterocycles. The van der Waals surface area contributed by atoms with Gasteiger partial charge in [0.25, 0.3) is 0 Å². The summed E-state index contributed by atoms with van der Waals surface area (Å²) in [4.78, 5) is 34.5. The first-order chi connectivity index (χ1) is 14.7. The van der Waals surface area contributed by atoms with Crippen LogP contribution in [0.25, 0.3) is 0 Å². The molecule has 2 N–H and O–H groups in total. The first-order valence-corrected chi connectivity index (χ1v) is 10.1. The topological polar surface area (TPSA) is 142 Å². The predicted octanol–water partition coefficient (Wildman–Crippen LogP) is 2.36. The Labute approximate surface area is 182 Å². The van der Waals surface area contributed by atoms with Crippen LogP contribution < -0.4 is 9.38 Å². The fourth-order valence-corrected chi connectivity index (χ4v) is 3.41. The number of ether oxygens (including phenoxy) is 3. The fourth-order valence-electron chi connectivity index (χ4n) is 3.19. The maximum Gasteiger partial charge on any atom is 0.345 e. The summed E-state index contributed by atoms with van der Waals surface area (Å²) in [5, 5.41) is 31.3. The summed E-state index contributed by atoms with van der Waals surface area (Å²) in [7, 11) is 0. The van der Waals surface area contributed by atoms with Crippen LogP contribution in [0.2, 0.25) is 5.02 Å². The van der Waals surface area contributed by atoms with Gasteiger partial charge >= 0.3 is 11.9 Å². The summed E-state index contributed by atoms with van der Waals surface area (Å²) in [6.07, 6.45) is 2.14. The van der Waals surface area contributed by atoms with Crippen LogP contribution in [0, 0.1) is 5.21 Å². The van der Waals surface area contributed by atoms with E-state index < -0.39 is 27.9 Å². The number of hydroxylamine groups is 2. The number of carboxylic acids is 2. The van der Waals surface area contributed by atoms with Gasteiger partial charge in [-0.3, -0.25) is 14.2 Å². The van der Waals surface area contributed by atoms with E-state index in [1.54, 1.807) is 0 Å². The summed E-state index contributed by atoms with van der Waals surface area (Å²) < 4.78 is 14.9. The summed E-state index contributed by atoms with van der Waals surface area (Å²) in [6.45, 7) is 0.832. The number of aliphatic carboxylic acids is 2. The van der Waals surface area contributed by atoms with Crippen LogP contribution in [0.3, 0.4) is 0 Å². The van der Waals surface area contributed by atoms with Crippen molar-refractivity contribution in [2.45, 2.75) is 25.3 Å². The van der Waals surface area contributed by atoms with Gasteiger partial charge < -0.3 is 29.6 Å². The summed E-state index contributed by atoms with van der Waals surface area (Å²) in [6, 6.07) is 2.33. The zero-order valence-electron chi connectivity index (χ0n) is 16.5. The lowest BCUT2D eigenvalue weighted by Crippen LogP contribution is -2.44. The van der Waals surface area contributed by atoms with Gasteiger partial charge in [-0.15, -0.1) is 0 Å². The second-order valence-corrected chi connectivity index (χ2v) is 7.54. The number of quaternary nitrogens is 1. The van der Waals surface area contributed by atoms with E-state index >= 15 is 0 Å². The van der Waals surface area contributed by atoms with E-state index in [1.807, 2.05) is 0 Å². The standard InChI is InChI=1S/C20H22ClNO9/c21-15-10-16-13(19(25)14(20(26)27)11-22(16,28)12-1-2-12)9-17(15)31-8-7-30-6-5-29-4-3-18(23)24/h9-12H,1-8H2,(H,23,24)(H,26,27). The molecule has 1 unspecified atom stereocenters. The molecule has 0 amide bonds. The zero-order valence-corrected chi connectivity index (χ0v) is 17.3. The van der Waals surface area contributed by atoms with Crippen LogP contribution >= 0.6 is 11.6 Å². The highest BCUT2D eigenvalue weighted by molar-refractivity contribution is 6.33. The maximum absolute atomic E-state index is 13.4. The molecule has 1 saturated carbocycles. The number of Topliss-reactive ketones (excluding diaryl/α,β-unsaturated/α-hetero) is 1. The Balaban J connectivity index is 1.60. The monoisotopic (exact) mass is 455 g/mol. The van der Waals surface area contributed by atoms with Gasteiger partial charge in [0.2, 0.25) is 5.78 Å². The van der Waals surface area contributed by atoms with E-state index in [4.69, 9.17) is 30.9 Å². The molecule has 11 heteroatoms. The van der Waals surface area contributed by atoms with Crippen molar-refractivity contribution in [3.8, 4) is 5.75 Å². The molecular weight excluding hydrogens is 434 g/mol. The van der Waals surface area contributed by atoms with Crippen LogP contribution in [0.5, 0.6) is 5.75 Å². The van der Waals surface area contributed by atoms with E-state index in [0.717, 1.165) is 6.20 Å². The van der Waals surface area contributed by atoms with Crippen LogP contribution in [0.1, 0.15) is 29.6 Å². The van der Waals surface area contributed by atoms with Crippen molar-refractivity contribution in [1.82, 2.24) is 4.65 Å². The number of carbonyl (C=O) groups is 3. The predicted molar refractivity (Wildman–Crippen MR) is 109 cm³/mol. The second-order valence-electron chi connectivity index (χ2n) is 7.13. The Hall–Kier alpha value is -2.50. The highest BCUT2D eigenvalue weighted by Crippen LogP contribution is 2.46. The first-order valence-electron chi connectivity index (χ1n) is 9.68. The molecular formula is C20H22ClNO9. The highest BCUT2D eigenvalue weighted by Gasteiger charge is 2.46. The summed E-state index contributed by atoms with van der Waals surface area (Å²) in [5.74, 6) is -3.01. The highest BCUT2D eigenvalue weighted by atomic mass is 35.5. The third kappa shape index (κ3) is 5.41. The smallest absolute Gasteiger partial charge is 0.345 e. The van der Waals surface area contributed by atoms with E-state index in [9.17, 15) is 24.7 Å². The van der Waals surface area contributed by atoms with Gasteiger partial charge in [0.1, 0.15) is 18.6 Å². The molecule has 1 aromatic rings. The molecule has 1 heterocycles. The molecule has 31 heavy (non-hydrogen) atoms. The molecule has 1 fully saturated rings. The van der Waals surface area contributed by atoms with Crippen LogP contribution in [-0.4, -0.2) is 67.0 Å². The van der Waals surface area contributed by atoms with Gasteiger partial charge in [0.15, 0.2) is 11.3 Å². The van der Waals surface area contributed by atoms with Crippen molar-refractivity contribution >= 4 is 35.0 Å². The van der Waals surface area contributed by atoms with E-state index in [0.29, 0.717) is 12.8 Å². The lowest BCUT2D eigenvalue weighted by atomic mass is 9.97. The Morgan fingerprint density at radius 2 is 1.74 bits per heavy atom. The van der Waals surface area contributed by atoms with Gasteiger partial charge in [-0.2, -0.15) is 0 Å². The van der Waals surface area contributed by atoms with Gasteiger partial charge in [-0.1, -0.05) is 11.6 Å². The molecule has 0 aromatic heterocycles. The number of benzene rings is 1. The lowest BCUT2D eigenvalue weighted by molar-refractivity contribution is -0.138. The Kier molecular flexibility index (Phi) is 7.29. The third-order valence-corrected chi connectivity index (χ3v) is 5.17. The molecule has 1 atom stereocenters. The van der Waals surface area contributed by atoms with Gasteiger partial charge in [0, 0.05) is 18.9 Å². The minimum absolute atomic E-state index is 0.0334. The number of hydrogen-bond acceptors (Lipinski definition) is 7. The normalized spacial score (nSPS) is 20.2. The zero-order chi connectivity index (χ0) is 22.6. The number of fused-ring (bicyclic) bond motifs is 1. The molecule has 0 bridgehead atoms. The lowest BCUT2D eigenvalue weighted by Gasteiger charge is -2.42. The Morgan fingerprint density at radius 1 is 1.10 bits per heavy atom. The first kappa shape index (κ1) is 23.2. The molecule has 1 aliphatic carbocycles. The van der Waals surface area contributed by atoms with Crippen LogP contribution in [-0.2, 0) is 19.1 Å². The van der Waals surface area contributed by atoms with E-state index in [2.05, 4.69) is 0 Å². The van der Waals surface area contributed by atoms with Crippen molar-refractivity contribution in [3.63, 3.8) is 0 Å². The number of rotatable bonds is 12. The average molecular weight is 456 g/mol. The van der Waals surface area contributed by atoms with E-state index in [-0.39, 0.29) is 67.5 Å². The molecule has 10 nitrogen and oxygen atoms in total. The number of carbonyl (C=O) groups excluding carboxylic acids is 1. The van der Waals surface area contributed by atoms with Gasteiger partial charge in [0.05, 0.1) is 49.5 Å². The largest absolute Gasteiger partial charge is 0.622 e. The van der Waals surface area contributed by atoms with Crippen LogP contribution in [0.4, 0.5) is 5.69 Å². The van der Waals surface area contributed by atoms with Crippen molar-refractivity contribution in [1.29, 1.82) is 0 Å². The maximum atomic E-state index is 13.4. The SMILES string of the molecule is O=C(O)CCOCCOCCOc1cc2c(cc1Cl)[N+]([O-])(C1CC1)C=C(C(=O)O)C2=O. The number of carboxylic acid groups (broad SMARTS) is 2. The van der Waals surface area contributed by atoms with Gasteiger partial charge in [-0.05, 0) is 6.07 Å². The molecule has 0 radical (unpaired) electrons. The Morgan fingerprint density at radius 3 is 2.35 bits per heavy atom. The molecule has 2 aliphatic rings. The van der Waals surface area contributed by atoms with E-state index in [1.165, 1.54) is 12.1 Å². The van der Waals surface area contributed by atoms with Gasteiger partial charge in [-0.25, -0.2) is 4.79 Å². The third-order valence-electron chi connectivity index (χ3n) is 4.87. The minimum atomic E-state index is -1.45. The molecule has 0 spiro atoms. The second kappa shape index (κ2) is 9.75. The molecule has 0 saturated heterocycles. The van der Waals surface area contributed by atoms with Crippen molar-refractivity contribution in [2.24, 2.45) is 0 Å². The van der Waals surface area contributed by atoms with Crippen LogP contribution in [0.15, 0.2) is 23.9 Å². The quantitative estimate of drug-likeness (QED) is 0.210. The molecule has 3 rings (SSSR count). The summed E-state index contributed by atoms with van der Waals surface area (Å²) in [5.41, 5.74) is -0.479. The number of hydrogen-bond donors (Lipinski definition) is 2. The van der Waals surface area contributed by atoms with Crippen molar-refractivity contribution < 1.29 is 38.8 Å². The fraction of sp³-hybridized carbons (Fsp3) is 0.450. The number of nitrogens with zero attached hydrogens (tertiary/aromatic N) is 1. The summed E-state index contributed by atoms with van der Waals surface area (Å²) >= 11 is 6.25. The average Bonchev–Trinajstić information content (AvgIpc) is 3.55. The minimum Gasteiger partial charge on any atom is -0.622 e. The van der Waals surface area contributed by atoms with Crippen molar-refractivity contribution in [2.75, 3.05) is 33.0 Å².